The van der Waals surface area contributed by atoms with E-state index in [4.69, 9.17) is 5.73 Å². The molecule has 30 heavy (non-hydrogen) atoms. The second-order valence-electron chi connectivity index (χ2n) is 7.81. The molecule has 0 fully saturated rings. The predicted molar refractivity (Wildman–Crippen MR) is 125 cm³/mol. The van der Waals surface area contributed by atoms with Crippen molar-refractivity contribution in [3.63, 3.8) is 0 Å². The summed E-state index contributed by atoms with van der Waals surface area (Å²) >= 11 is 0. The lowest BCUT2D eigenvalue weighted by atomic mass is 9.83. The molecule has 4 heteroatoms. The molecule has 152 valence electrons. The van der Waals surface area contributed by atoms with Crippen molar-refractivity contribution in [3.05, 3.63) is 102 Å². The van der Waals surface area contributed by atoms with Crippen molar-refractivity contribution in [2.45, 2.75) is 18.9 Å². The number of azo groups is 1. The van der Waals surface area contributed by atoms with Crippen LogP contribution in [0.25, 0.3) is 16.5 Å². The van der Waals surface area contributed by atoms with Crippen LogP contribution in [0.5, 0.6) is 0 Å². The van der Waals surface area contributed by atoms with E-state index in [2.05, 4.69) is 89.4 Å². The molecule has 3 aromatic rings. The Hall–Kier alpha value is -3.08. The zero-order valence-corrected chi connectivity index (χ0v) is 17.5. The van der Waals surface area contributed by atoms with Gasteiger partial charge in [-0.3, -0.25) is 0 Å². The Morgan fingerprint density at radius 2 is 1.97 bits per heavy atom. The van der Waals surface area contributed by atoms with Crippen molar-refractivity contribution in [2.24, 2.45) is 16.0 Å². The first-order chi connectivity index (χ1) is 14.7. The van der Waals surface area contributed by atoms with Crippen LogP contribution in [0.15, 0.2) is 89.6 Å². The van der Waals surface area contributed by atoms with E-state index >= 15 is 0 Å². The number of nitrogens with two attached hydrogens (primary N) is 1. The summed E-state index contributed by atoms with van der Waals surface area (Å²) in [7, 11) is 2.19. The second kappa shape index (κ2) is 9.16. The fourth-order valence-corrected chi connectivity index (χ4v) is 4.25. The van der Waals surface area contributed by atoms with E-state index in [0.29, 0.717) is 5.92 Å². The van der Waals surface area contributed by atoms with Crippen molar-refractivity contribution in [1.82, 2.24) is 4.90 Å². The van der Waals surface area contributed by atoms with Gasteiger partial charge in [0.2, 0.25) is 0 Å². The van der Waals surface area contributed by atoms with E-state index < -0.39 is 0 Å². The summed E-state index contributed by atoms with van der Waals surface area (Å²) in [5, 5.41) is 10.9. The summed E-state index contributed by atoms with van der Waals surface area (Å²) in [6, 6.07) is 22.1. The zero-order chi connectivity index (χ0) is 20.9. The standard InChI is InChI=1S/C26H28N4/c1-3-4-9-26(29-28-18-27)22-12-13-24-23(15-22)16-30(2)17-25(24)21-11-10-19-7-5-6-8-20(19)14-21/h3,5-15,25H,1,4,16-18,27H2,2H3/b26-9-,29-28?. The average molecular weight is 397 g/mol. The maximum Gasteiger partial charge on any atom is 0.108 e. The van der Waals surface area contributed by atoms with Gasteiger partial charge in [0.1, 0.15) is 6.67 Å². The number of benzene rings is 3. The zero-order valence-electron chi connectivity index (χ0n) is 17.5. The summed E-state index contributed by atoms with van der Waals surface area (Å²) in [4.78, 5) is 2.39. The maximum absolute atomic E-state index is 5.52. The van der Waals surface area contributed by atoms with Gasteiger partial charge in [-0.1, -0.05) is 66.7 Å². The van der Waals surface area contributed by atoms with E-state index in [0.717, 1.165) is 30.8 Å². The molecule has 3 aromatic carbocycles. The van der Waals surface area contributed by atoms with Crippen LogP contribution in [-0.2, 0) is 6.54 Å². The maximum atomic E-state index is 5.52. The monoisotopic (exact) mass is 396 g/mol. The molecule has 2 N–H and O–H groups in total. The first kappa shape index (κ1) is 20.2. The molecule has 0 radical (unpaired) electrons. The summed E-state index contributed by atoms with van der Waals surface area (Å²) in [5.74, 6) is 0.351. The van der Waals surface area contributed by atoms with E-state index in [-0.39, 0.29) is 6.67 Å². The lowest BCUT2D eigenvalue weighted by Gasteiger charge is -2.33. The molecular weight excluding hydrogens is 368 g/mol. The van der Waals surface area contributed by atoms with Crippen LogP contribution >= 0.6 is 0 Å². The summed E-state index contributed by atoms with van der Waals surface area (Å²) in [5.41, 5.74) is 11.5. The van der Waals surface area contributed by atoms with Gasteiger partial charge >= 0.3 is 0 Å². The smallest absolute Gasteiger partial charge is 0.108 e. The third kappa shape index (κ3) is 4.25. The molecule has 0 spiro atoms. The Balaban J connectivity index is 1.74. The number of rotatable bonds is 6. The summed E-state index contributed by atoms with van der Waals surface area (Å²) < 4.78 is 0. The highest BCUT2D eigenvalue weighted by atomic mass is 15.1. The van der Waals surface area contributed by atoms with Crippen LogP contribution in [0.1, 0.15) is 34.6 Å². The first-order valence-electron chi connectivity index (χ1n) is 10.4. The number of hydrogen-bond acceptors (Lipinski definition) is 4. The Bertz CT molecular complexity index is 1110. The lowest BCUT2D eigenvalue weighted by Crippen LogP contribution is -2.31. The molecule has 0 aromatic heterocycles. The van der Waals surface area contributed by atoms with Gasteiger partial charge in [-0.15, -0.1) is 6.58 Å². The second-order valence-corrected chi connectivity index (χ2v) is 7.81. The van der Waals surface area contributed by atoms with Gasteiger partial charge < -0.3 is 10.6 Å². The Kier molecular flexibility index (Phi) is 6.17. The molecule has 0 bridgehead atoms. The van der Waals surface area contributed by atoms with Crippen LogP contribution in [0.2, 0.25) is 0 Å². The molecule has 0 saturated carbocycles. The van der Waals surface area contributed by atoms with Crippen LogP contribution in [0.4, 0.5) is 0 Å². The molecule has 1 aliphatic rings. The molecule has 1 unspecified atom stereocenters. The van der Waals surface area contributed by atoms with Crippen molar-refractivity contribution in [1.29, 1.82) is 0 Å². The highest BCUT2D eigenvalue weighted by Gasteiger charge is 2.25. The van der Waals surface area contributed by atoms with Crippen LogP contribution < -0.4 is 5.73 Å². The molecular formula is C26H28N4. The molecule has 1 aliphatic heterocycles. The lowest BCUT2D eigenvalue weighted by molar-refractivity contribution is 0.295. The minimum Gasteiger partial charge on any atom is -0.311 e. The SMILES string of the molecule is C=CC/C=C(\N=NCN)c1ccc2c(c1)CN(C)CC2c1ccc2ccccc2c1. The van der Waals surface area contributed by atoms with E-state index in [1.165, 1.54) is 27.5 Å². The molecule has 1 heterocycles. The van der Waals surface area contributed by atoms with Crippen molar-refractivity contribution < 1.29 is 0 Å². The van der Waals surface area contributed by atoms with E-state index in [1.807, 2.05) is 12.2 Å². The average Bonchev–Trinajstić information content (AvgIpc) is 2.78. The number of likely N-dealkylation sites (N-methyl/N-ethyl adjacent to an activating group) is 1. The van der Waals surface area contributed by atoms with Gasteiger partial charge in [-0.2, -0.15) is 10.2 Å². The van der Waals surface area contributed by atoms with E-state index in [1.54, 1.807) is 0 Å². The summed E-state index contributed by atoms with van der Waals surface area (Å²) in [6.45, 7) is 5.92. The molecule has 1 atom stereocenters. The Morgan fingerprint density at radius 3 is 2.77 bits per heavy atom. The van der Waals surface area contributed by atoms with Gasteiger partial charge in [0.05, 0.1) is 5.70 Å². The van der Waals surface area contributed by atoms with Crippen molar-refractivity contribution in [2.75, 3.05) is 20.3 Å². The third-order valence-electron chi connectivity index (χ3n) is 5.66. The van der Waals surface area contributed by atoms with Crippen LogP contribution in [-0.4, -0.2) is 25.2 Å². The minimum atomic E-state index is 0.184. The number of nitrogens with zero attached hydrogens (tertiary/aromatic N) is 3. The highest BCUT2D eigenvalue weighted by Crippen LogP contribution is 2.36. The minimum absolute atomic E-state index is 0.184. The Labute approximate surface area is 178 Å². The van der Waals surface area contributed by atoms with Crippen LogP contribution in [0, 0.1) is 0 Å². The highest BCUT2D eigenvalue weighted by molar-refractivity contribution is 5.83. The topological polar surface area (TPSA) is 54.0 Å². The molecule has 4 nitrogen and oxygen atoms in total. The van der Waals surface area contributed by atoms with Crippen molar-refractivity contribution >= 4 is 16.5 Å². The molecule has 4 rings (SSSR count). The largest absolute Gasteiger partial charge is 0.311 e. The van der Waals surface area contributed by atoms with Gasteiger partial charge in [0, 0.05) is 24.6 Å². The first-order valence-corrected chi connectivity index (χ1v) is 10.4. The van der Waals surface area contributed by atoms with E-state index in [9.17, 15) is 0 Å². The number of hydrogen-bond donors (Lipinski definition) is 1. The number of allylic oxidation sites excluding steroid dienone is 2. The quantitative estimate of drug-likeness (QED) is 0.429. The fraction of sp³-hybridized carbons (Fsp3) is 0.231. The third-order valence-corrected chi connectivity index (χ3v) is 5.66. The van der Waals surface area contributed by atoms with Crippen LogP contribution in [0.3, 0.4) is 0 Å². The molecule has 0 aliphatic carbocycles. The predicted octanol–water partition coefficient (Wildman–Crippen LogP) is 5.70. The van der Waals surface area contributed by atoms with Gasteiger partial charge in [-0.25, -0.2) is 0 Å². The van der Waals surface area contributed by atoms with Crippen molar-refractivity contribution in [3.8, 4) is 0 Å². The number of fused-ring (bicyclic) bond motifs is 2. The molecule has 0 saturated heterocycles. The van der Waals surface area contributed by atoms with Gasteiger partial charge in [0.25, 0.3) is 0 Å². The van der Waals surface area contributed by atoms with Gasteiger partial charge in [0.15, 0.2) is 0 Å². The Morgan fingerprint density at radius 1 is 1.13 bits per heavy atom. The van der Waals surface area contributed by atoms with Gasteiger partial charge in [-0.05, 0) is 47.0 Å². The molecule has 0 amide bonds. The normalized spacial score (nSPS) is 17.4. The fourth-order valence-electron chi connectivity index (χ4n) is 4.25. The summed E-state index contributed by atoms with van der Waals surface area (Å²) in [6.07, 6.45) is 4.65.